The third kappa shape index (κ3) is 2.93. The number of hydrogen-bond donors (Lipinski definition) is 0. The van der Waals surface area contributed by atoms with Crippen LogP contribution in [0.2, 0.25) is 18.1 Å². The van der Waals surface area contributed by atoms with Crippen LogP contribution in [0.3, 0.4) is 0 Å². The van der Waals surface area contributed by atoms with Gasteiger partial charge in [-0.25, -0.2) is 0 Å². The Hall–Kier alpha value is -1.95. The zero-order chi connectivity index (χ0) is 20.2. The van der Waals surface area contributed by atoms with E-state index in [2.05, 4.69) is 58.1 Å². The van der Waals surface area contributed by atoms with E-state index < -0.39 is 8.32 Å². The first-order chi connectivity index (χ1) is 13.1. The average molecular weight is 397 g/mol. The topological polar surface area (TPSA) is 35.5 Å². The van der Waals surface area contributed by atoms with Gasteiger partial charge in [-0.15, -0.1) is 0 Å². The Morgan fingerprint density at radius 1 is 1.07 bits per heavy atom. The second kappa shape index (κ2) is 6.54. The molecule has 2 unspecified atom stereocenters. The second-order valence-electron chi connectivity index (χ2n) is 9.51. The van der Waals surface area contributed by atoms with Gasteiger partial charge in [-0.05, 0) is 18.1 Å². The first kappa shape index (κ1) is 19.4. The number of fused-ring (bicyclic) bond motifs is 3. The summed E-state index contributed by atoms with van der Waals surface area (Å²) in [5.41, 5.74) is 3.31. The van der Waals surface area contributed by atoms with E-state index in [9.17, 15) is 4.79 Å². The van der Waals surface area contributed by atoms with Gasteiger partial charge in [0.1, 0.15) is 6.54 Å². The molecule has 0 N–H and O–H groups in total. The minimum absolute atomic E-state index is 0.0304. The highest BCUT2D eigenvalue weighted by molar-refractivity contribution is 6.74. The van der Waals surface area contributed by atoms with Crippen molar-refractivity contribution in [1.82, 2.24) is 4.48 Å². The summed E-state index contributed by atoms with van der Waals surface area (Å²) >= 11 is 0. The van der Waals surface area contributed by atoms with Crippen LogP contribution in [-0.4, -0.2) is 20.6 Å². The van der Waals surface area contributed by atoms with E-state index in [0.717, 1.165) is 16.8 Å². The quantitative estimate of drug-likeness (QED) is 0.460. The van der Waals surface area contributed by atoms with Crippen molar-refractivity contribution in [2.45, 2.75) is 64.2 Å². The smallest absolute Gasteiger partial charge is 0.409 e. The predicted octanol–water partition coefficient (Wildman–Crippen LogP) is 6.14. The molecule has 0 bridgehead atoms. The first-order valence-electron chi connectivity index (χ1n) is 10.1. The van der Waals surface area contributed by atoms with Gasteiger partial charge in [0, 0.05) is 17.2 Å². The lowest BCUT2D eigenvalue weighted by Gasteiger charge is -2.52. The number of para-hydroxylation sites is 1. The second-order valence-corrected chi connectivity index (χ2v) is 14.3. The van der Waals surface area contributed by atoms with Crippen molar-refractivity contribution < 1.29 is 14.0 Å². The molecule has 2 aromatic carbocycles. The Balaban J connectivity index is 1.74. The molecule has 2 heterocycles. The van der Waals surface area contributed by atoms with E-state index in [-0.39, 0.29) is 27.9 Å². The minimum atomic E-state index is -1.95. The molecule has 1 fully saturated rings. The molecule has 5 heteroatoms. The number of carbonyl (C=O) groups excluding carboxylic acids is 1. The molecule has 2 aliphatic heterocycles. The molecular weight excluding hydrogens is 366 g/mol. The lowest BCUT2D eigenvalue weighted by atomic mass is 9.92. The van der Waals surface area contributed by atoms with Crippen LogP contribution in [0.15, 0.2) is 54.6 Å². The van der Waals surface area contributed by atoms with Crippen molar-refractivity contribution in [2.24, 2.45) is 0 Å². The van der Waals surface area contributed by atoms with Crippen molar-refractivity contribution >= 4 is 20.1 Å². The number of hydrogen-bond acceptors (Lipinski definition) is 3. The molecule has 0 radical (unpaired) electrons. The Morgan fingerprint density at radius 2 is 1.71 bits per heavy atom. The molecule has 0 aromatic heterocycles. The molecule has 0 saturated carbocycles. The van der Waals surface area contributed by atoms with Crippen molar-refractivity contribution in [3.63, 3.8) is 0 Å². The largest absolute Gasteiger partial charge is 0.529 e. The minimum Gasteiger partial charge on any atom is -0.409 e. The SMILES string of the molecule is CC(C)(C)[Si](C)(C)O[C@H]1CC2OC(=O)[N+]2(Cc2ccccc2)c2ccccc21. The van der Waals surface area contributed by atoms with Crippen molar-refractivity contribution in [3.8, 4) is 0 Å². The van der Waals surface area contributed by atoms with Crippen LogP contribution in [0.5, 0.6) is 0 Å². The molecule has 1 saturated heterocycles. The molecule has 148 valence electrons. The van der Waals surface area contributed by atoms with Crippen LogP contribution < -0.4 is 4.48 Å². The number of benzene rings is 2. The van der Waals surface area contributed by atoms with Crippen molar-refractivity contribution in [3.05, 3.63) is 65.7 Å². The maximum atomic E-state index is 12.8. The predicted molar refractivity (Wildman–Crippen MR) is 114 cm³/mol. The van der Waals surface area contributed by atoms with E-state index in [4.69, 9.17) is 9.16 Å². The summed E-state index contributed by atoms with van der Waals surface area (Å²) in [4.78, 5) is 12.8. The summed E-state index contributed by atoms with van der Waals surface area (Å²) in [5.74, 6) is 0. The lowest BCUT2D eigenvalue weighted by molar-refractivity contribution is -0.121. The fourth-order valence-electron chi connectivity index (χ4n) is 4.05. The fraction of sp³-hybridized carbons (Fsp3) is 0.435. The van der Waals surface area contributed by atoms with E-state index in [1.54, 1.807) is 0 Å². The third-order valence-electron chi connectivity index (χ3n) is 6.70. The van der Waals surface area contributed by atoms with E-state index in [0.29, 0.717) is 13.0 Å². The Morgan fingerprint density at radius 3 is 2.36 bits per heavy atom. The number of carbonyl (C=O) groups is 1. The summed E-state index contributed by atoms with van der Waals surface area (Å²) in [6, 6.07) is 18.5. The van der Waals surface area contributed by atoms with Crippen LogP contribution in [0.1, 0.15) is 44.4 Å². The number of amides is 1. The molecule has 0 spiro atoms. The highest BCUT2D eigenvalue weighted by Crippen LogP contribution is 2.52. The Bertz CT molecular complexity index is 890. The fourth-order valence-corrected chi connectivity index (χ4v) is 5.34. The number of nitrogens with zero attached hydrogens (tertiary/aromatic N) is 1. The summed E-state index contributed by atoms with van der Waals surface area (Å²) in [6.45, 7) is 12.0. The average Bonchev–Trinajstić information content (AvgIpc) is 2.64. The molecule has 0 aliphatic carbocycles. The first-order valence-corrected chi connectivity index (χ1v) is 13.0. The van der Waals surface area contributed by atoms with Gasteiger partial charge in [-0.3, -0.25) is 0 Å². The van der Waals surface area contributed by atoms with Crippen LogP contribution in [0.25, 0.3) is 0 Å². The lowest BCUT2D eigenvalue weighted by Crippen LogP contribution is -2.73. The third-order valence-corrected chi connectivity index (χ3v) is 11.2. The molecule has 28 heavy (non-hydrogen) atoms. The Kier molecular flexibility index (Phi) is 4.53. The molecular formula is C23H30NO3Si+. The molecule has 2 aromatic rings. The maximum absolute atomic E-state index is 12.8. The maximum Gasteiger partial charge on any atom is 0.529 e. The van der Waals surface area contributed by atoms with Crippen LogP contribution in [0, 0.1) is 0 Å². The standard InChI is InChI=1S/C23H30NO3Si/c1-23(2,3)28(4,5)27-20-15-21-24(22(25)26-21,16-17-11-7-6-8-12-17)19-14-10-9-13-18(19)20/h6-14,20-21H,15-16H2,1-5H3/q+1/t20-,21?,24?/m0/s1. The van der Waals surface area contributed by atoms with E-state index in [1.165, 1.54) is 0 Å². The zero-order valence-electron chi connectivity index (χ0n) is 17.4. The van der Waals surface area contributed by atoms with Gasteiger partial charge in [0.2, 0.25) is 0 Å². The van der Waals surface area contributed by atoms with E-state index >= 15 is 0 Å². The molecule has 4 rings (SSSR count). The van der Waals surface area contributed by atoms with Gasteiger partial charge in [0.15, 0.2) is 14.0 Å². The molecule has 2 aliphatic rings. The molecule has 3 atom stereocenters. The normalized spacial score (nSPS) is 26.7. The summed E-state index contributed by atoms with van der Waals surface area (Å²) in [5, 5.41) is 0.131. The highest BCUT2D eigenvalue weighted by Gasteiger charge is 2.65. The van der Waals surface area contributed by atoms with Gasteiger partial charge >= 0.3 is 6.09 Å². The van der Waals surface area contributed by atoms with Crippen LogP contribution >= 0.6 is 0 Å². The van der Waals surface area contributed by atoms with Gasteiger partial charge < -0.3 is 9.16 Å². The van der Waals surface area contributed by atoms with Crippen LogP contribution in [-0.2, 0) is 15.7 Å². The highest BCUT2D eigenvalue weighted by atomic mass is 28.4. The number of rotatable bonds is 4. The van der Waals surface area contributed by atoms with Gasteiger partial charge in [0.25, 0.3) is 6.23 Å². The summed E-state index contributed by atoms with van der Waals surface area (Å²) in [7, 11) is -1.95. The number of ether oxygens (including phenoxy) is 1. The summed E-state index contributed by atoms with van der Waals surface area (Å²) in [6.07, 6.45) is 0.337. The monoisotopic (exact) mass is 396 g/mol. The Labute approximate surface area is 168 Å². The zero-order valence-corrected chi connectivity index (χ0v) is 18.4. The molecule has 4 nitrogen and oxygen atoms in total. The van der Waals surface area contributed by atoms with Crippen LogP contribution in [0.4, 0.5) is 10.5 Å². The van der Waals surface area contributed by atoms with Gasteiger partial charge in [-0.1, -0.05) is 69.3 Å². The van der Waals surface area contributed by atoms with Crippen molar-refractivity contribution in [2.75, 3.05) is 0 Å². The van der Waals surface area contributed by atoms with Gasteiger partial charge in [-0.2, -0.15) is 9.28 Å². The molecule has 1 amide bonds. The summed E-state index contributed by atoms with van der Waals surface area (Å²) < 4.78 is 12.7. The van der Waals surface area contributed by atoms with E-state index in [1.807, 2.05) is 30.3 Å². The van der Waals surface area contributed by atoms with Gasteiger partial charge in [0.05, 0.1) is 12.5 Å². The number of quaternary nitrogens is 1. The van der Waals surface area contributed by atoms with Crippen molar-refractivity contribution in [1.29, 1.82) is 0 Å².